The van der Waals surface area contributed by atoms with E-state index in [1.165, 1.54) is 12.5 Å². The zero-order valence-corrected chi connectivity index (χ0v) is 9.01. The first-order valence-electron chi connectivity index (χ1n) is 5.37. The van der Waals surface area contributed by atoms with Crippen LogP contribution in [0.1, 0.15) is 11.5 Å². The minimum absolute atomic E-state index is 0.0503. The Kier molecular flexibility index (Phi) is 2.29. The number of nitrogens with one attached hydrogen (secondary N) is 2. The lowest BCUT2D eigenvalue weighted by Gasteiger charge is -2.09. The fourth-order valence-corrected chi connectivity index (χ4v) is 2.01. The second kappa shape index (κ2) is 3.93. The Morgan fingerprint density at radius 2 is 2.35 bits per heavy atom. The first-order valence-corrected chi connectivity index (χ1v) is 5.37. The molecule has 1 aliphatic rings. The van der Waals surface area contributed by atoms with Crippen molar-refractivity contribution in [3.8, 4) is 0 Å². The van der Waals surface area contributed by atoms with Gasteiger partial charge in [-0.3, -0.25) is 4.79 Å². The van der Waals surface area contributed by atoms with Crippen molar-refractivity contribution in [2.45, 2.75) is 5.92 Å². The van der Waals surface area contributed by atoms with Crippen molar-refractivity contribution >= 4 is 17.3 Å². The Bertz CT molecular complexity index is 536. The van der Waals surface area contributed by atoms with Gasteiger partial charge in [-0.1, -0.05) is 23.4 Å². The van der Waals surface area contributed by atoms with E-state index in [1.807, 2.05) is 24.3 Å². The van der Waals surface area contributed by atoms with Crippen LogP contribution in [0.15, 0.2) is 41.2 Å². The fourth-order valence-electron chi connectivity index (χ4n) is 2.01. The quantitative estimate of drug-likeness (QED) is 0.824. The lowest BCUT2D eigenvalue weighted by Crippen LogP contribution is -2.22. The molecule has 86 valence electrons. The van der Waals surface area contributed by atoms with Crippen molar-refractivity contribution in [2.24, 2.45) is 0 Å². The second-order valence-corrected chi connectivity index (χ2v) is 3.92. The van der Waals surface area contributed by atoms with E-state index in [2.05, 4.69) is 20.3 Å². The maximum Gasteiger partial charge on any atom is 0.233 e. The number of aromatic nitrogens is 1. The van der Waals surface area contributed by atoms with Gasteiger partial charge in [0.25, 0.3) is 0 Å². The van der Waals surface area contributed by atoms with Crippen LogP contribution >= 0.6 is 0 Å². The number of para-hydroxylation sites is 1. The summed E-state index contributed by atoms with van der Waals surface area (Å²) < 4.78 is 4.67. The molecule has 3 rings (SSSR count). The molecule has 5 heteroatoms. The third-order valence-corrected chi connectivity index (χ3v) is 2.85. The number of nitrogens with zero attached hydrogens (tertiary/aromatic N) is 1. The molecule has 0 aliphatic carbocycles. The van der Waals surface area contributed by atoms with Crippen molar-refractivity contribution in [3.05, 3.63) is 42.3 Å². The van der Waals surface area contributed by atoms with Gasteiger partial charge in [-0.05, 0) is 11.6 Å². The number of rotatable bonds is 2. The monoisotopic (exact) mass is 229 g/mol. The zero-order chi connectivity index (χ0) is 11.7. The molecule has 2 N–H and O–H groups in total. The Labute approximate surface area is 97.8 Å². The molecular formula is C12H11N3O2. The summed E-state index contributed by atoms with van der Waals surface area (Å²) in [5.74, 6) is -0.216. The molecule has 17 heavy (non-hydrogen) atoms. The Morgan fingerprint density at radius 3 is 3.18 bits per heavy atom. The van der Waals surface area contributed by atoms with Crippen LogP contribution in [0, 0.1) is 0 Å². The summed E-state index contributed by atoms with van der Waals surface area (Å²) in [6.07, 6.45) is 2.89. The van der Waals surface area contributed by atoms with E-state index >= 15 is 0 Å². The highest BCUT2D eigenvalue weighted by Gasteiger charge is 2.28. The van der Waals surface area contributed by atoms with Crippen molar-refractivity contribution in [1.82, 2.24) is 5.16 Å². The lowest BCUT2D eigenvalue weighted by molar-refractivity contribution is -0.117. The van der Waals surface area contributed by atoms with Gasteiger partial charge in [0.15, 0.2) is 0 Å². The summed E-state index contributed by atoms with van der Waals surface area (Å²) in [6.45, 7) is 0.621. The summed E-state index contributed by atoms with van der Waals surface area (Å²) in [4.78, 5) is 12.1. The number of carbonyl (C=O) groups excluding carboxylic acids is 1. The molecule has 2 heterocycles. The Morgan fingerprint density at radius 1 is 1.47 bits per heavy atom. The molecule has 1 amide bonds. The van der Waals surface area contributed by atoms with E-state index in [-0.39, 0.29) is 11.8 Å². The van der Waals surface area contributed by atoms with Crippen LogP contribution in [0.4, 0.5) is 11.4 Å². The normalized spacial score (nSPS) is 17.3. The first kappa shape index (κ1) is 9.89. The van der Waals surface area contributed by atoms with Crippen LogP contribution in [-0.2, 0) is 4.79 Å². The van der Waals surface area contributed by atoms with Gasteiger partial charge in [0.05, 0.1) is 12.1 Å². The maximum atomic E-state index is 12.1. The Hall–Kier alpha value is -2.30. The standard InChI is InChI=1S/C12H11N3O2/c16-12(15-8-5-14-17-7-8)10-6-13-11-4-2-1-3-9(10)11/h1-5,7,10,13H,6H2,(H,15,16). The van der Waals surface area contributed by atoms with Gasteiger partial charge in [-0.2, -0.15) is 0 Å². The number of amides is 1. The number of hydrogen-bond acceptors (Lipinski definition) is 4. The largest absolute Gasteiger partial charge is 0.384 e. The van der Waals surface area contributed by atoms with Crippen LogP contribution in [0.5, 0.6) is 0 Å². The van der Waals surface area contributed by atoms with Gasteiger partial charge < -0.3 is 15.2 Å². The average molecular weight is 229 g/mol. The summed E-state index contributed by atoms with van der Waals surface area (Å²) in [5, 5.41) is 9.52. The van der Waals surface area contributed by atoms with E-state index in [9.17, 15) is 4.79 Å². The number of benzene rings is 1. The molecule has 0 bridgehead atoms. The highest BCUT2D eigenvalue weighted by Crippen LogP contribution is 2.31. The molecule has 1 unspecified atom stereocenters. The minimum atomic E-state index is -0.166. The summed E-state index contributed by atoms with van der Waals surface area (Å²) in [7, 11) is 0. The van der Waals surface area contributed by atoms with Gasteiger partial charge >= 0.3 is 0 Å². The van der Waals surface area contributed by atoms with Gasteiger partial charge in [-0.25, -0.2) is 0 Å². The van der Waals surface area contributed by atoms with Crippen LogP contribution in [-0.4, -0.2) is 17.6 Å². The highest BCUT2D eigenvalue weighted by molar-refractivity contribution is 5.98. The molecule has 1 atom stereocenters. The highest BCUT2D eigenvalue weighted by atomic mass is 16.5. The molecule has 1 aliphatic heterocycles. The smallest absolute Gasteiger partial charge is 0.233 e. The molecule has 2 aromatic rings. The minimum Gasteiger partial charge on any atom is -0.384 e. The van der Waals surface area contributed by atoms with Gasteiger partial charge in [0, 0.05) is 12.2 Å². The van der Waals surface area contributed by atoms with E-state index in [1.54, 1.807) is 0 Å². The fraction of sp³-hybridized carbons (Fsp3) is 0.167. The van der Waals surface area contributed by atoms with Gasteiger partial charge in [0.1, 0.15) is 12.0 Å². The predicted molar refractivity (Wildman–Crippen MR) is 62.8 cm³/mol. The zero-order valence-electron chi connectivity index (χ0n) is 9.01. The predicted octanol–water partition coefficient (Wildman–Crippen LogP) is 1.82. The summed E-state index contributed by atoms with van der Waals surface area (Å²) in [5.41, 5.74) is 2.64. The molecular weight excluding hydrogens is 218 g/mol. The van der Waals surface area contributed by atoms with Crippen molar-refractivity contribution in [3.63, 3.8) is 0 Å². The maximum absolute atomic E-state index is 12.1. The first-order chi connectivity index (χ1) is 8.34. The summed E-state index contributed by atoms with van der Waals surface area (Å²) in [6, 6.07) is 7.83. The molecule has 0 saturated carbocycles. The van der Waals surface area contributed by atoms with E-state index in [0.717, 1.165) is 11.3 Å². The molecule has 1 aromatic carbocycles. The van der Waals surface area contributed by atoms with Crippen LogP contribution < -0.4 is 10.6 Å². The van der Waals surface area contributed by atoms with E-state index in [0.29, 0.717) is 12.2 Å². The average Bonchev–Trinajstić information content (AvgIpc) is 2.96. The second-order valence-electron chi connectivity index (χ2n) is 3.92. The van der Waals surface area contributed by atoms with Crippen molar-refractivity contribution < 1.29 is 9.32 Å². The molecule has 5 nitrogen and oxygen atoms in total. The SMILES string of the molecule is O=C(Nc1cnoc1)C1CNc2ccccc21. The topological polar surface area (TPSA) is 67.2 Å². The van der Waals surface area contributed by atoms with Gasteiger partial charge in [-0.15, -0.1) is 0 Å². The number of anilines is 2. The third kappa shape index (κ3) is 1.75. The Balaban J connectivity index is 1.80. The van der Waals surface area contributed by atoms with Crippen LogP contribution in [0.2, 0.25) is 0 Å². The van der Waals surface area contributed by atoms with E-state index < -0.39 is 0 Å². The van der Waals surface area contributed by atoms with Crippen molar-refractivity contribution in [1.29, 1.82) is 0 Å². The number of fused-ring (bicyclic) bond motifs is 1. The third-order valence-electron chi connectivity index (χ3n) is 2.85. The number of carbonyl (C=O) groups is 1. The van der Waals surface area contributed by atoms with Crippen molar-refractivity contribution in [2.75, 3.05) is 17.2 Å². The molecule has 1 aromatic heterocycles. The van der Waals surface area contributed by atoms with Gasteiger partial charge in [0.2, 0.25) is 5.91 Å². The van der Waals surface area contributed by atoms with Crippen LogP contribution in [0.3, 0.4) is 0 Å². The van der Waals surface area contributed by atoms with Crippen LogP contribution in [0.25, 0.3) is 0 Å². The molecule has 0 saturated heterocycles. The molecule has 0 radical (unpaired) electrons. The molecule has 0 spiro atoms. The molecule has 0 fully saturated rings. The van der Waals surface area contributed by atoms with E-state index in [4.69, 9.17) is 0 Å². The number of hydrogen-bond donors (Lipinski definition) is 2. The lowest BCUT2D eigenvalue weighted by atomic mass is 10.0. The summed E-state index contributed by atoms with van der Waals surface area (Å²) >= 11 is 0.